The normalized spacial score (nSPS) is 13.9. The van der Waals surface area contributed by atoms with E-state index in [9.17, 15) is 18.9 Å². The van der Waals surface area contributed by atoms with Crippen molar-refractivity contribution in [3.8, 4) is 0 Å². The molecule has 0 radical (unpaired) electrons. The highest BCUT2D eigenvalue weighted by Crippen LogP contribution is 2.34. The van der Waals surface area contributed by atoms with Gasteiger partial charge in [0.2, 0.25) is 11.6 Å². The third-order valence-electron chi connectivity index (χ3n) is 4.88. The minimum absolute atomic E-state index is 0.0731. The lowest BCUT2D eigenvalue weighted by atomic mass is 10.2. The third kappa shape index (κ3) is 3.97. The maximum atomic E-state index is 14.0. The fourth-order valence-corrected chi connectivity index (χ4v) is 3.38. The average molecular weight is 412 g/mol. The molecule has 3 aromatic rings. The number of hydrogen-bond donors (Lipinski definition) is 1. The van der Waals surface area contributed by atoms with Crippen molar-refractivity contribution in [2.75, 3.05) is 41.3 Å². The van der Waals surface area contributed by atoms with Gasteiger partial charge in [-0.05, 0) is 36.4 Å². The fourth-order valence-electron chi connectivity index (χ4n) is 3.38. The molecule has 1 aliphatic heterocycles. The zero-order valence-corrected chi connectivity index (χ0v) is 15.8. The standard InChI is InChI=1S/C20H18F2N6O2/c21-14-5-7-15(8-6-14)26-9-11-27(12-10-26)20-18(28(29)30)19(23-13-24-20)25-17-4-2-1-3-16(17)22/h1-8,13H,9-12H2,(H,23,24,25). The van der Waals surface area contributed by atoms with Gasteiger partial charge in [0.1, 0.15) is 18.0 Å². The maximum absolute atomic E-state index is 14.0. The molecule has 10 heteroatoms. The molecule has 0 saturated carbocycles. The molecule has 0 aliphatic carbocycles. The summed E-state index contributed by atoms with van der Waals surface area (Å²) in [4.78, 5) is 23.2. The van der Waals surface area contributed by atoms with Gasteiger partial charge in [-0.2, -0.15) is 0 Å². The first kappa shape index (κ1) is 19.5. The van der Waals surface area contributed by atoms with E-state index < -0.39 is 10.7 Å². The zero-order valence-electron chi connectivity index (χ0n) is 15.8. The average Bonchev–Trinajstić information content (AvgIpc) is 2.76. The van der Waals surface area contributed by atoms with Gasteiger partial charge in [-0.15, -0.1) is 0 Å². The Bertz CT molecular complexity index is 1060. The van der Waals surface area contributed by atoms with E-state index in [1.807, 2.05) is 0 Å². The van der Waals surface area contributed by atoms with E-state index in [1.165, 1.54) is 36.7 Å². The summed E-state index contributed by atoms with van der Waals surface area (Å²) < 4.78 is 27.1. The summed E-state index contributed by atoms with van der Waals surface area (Å²) in [6, 6.07) is 12.1. The Labute approximate surface area is 170 Å². The number of aromatic nitrogens is 2. The van der Waals surface area contributed by atoms with Crippen LogP contribution < -0.4 is 15.1 Å². The van der Waals surface area contributed by atoms with Crippen LogP contribution in [0.1, 0.15) is 0 Å². The number of hydrogen-bond acceptors (Lipinski definition) is 7. The number of piperazine rings is 1. The van der Waals surface area contributed by atoms with Crippen molar-refractivity contribution in [3.05, 3.63) is 76.6 Å². The van der Waals surface area contributed by atoms with Crippen LogP contribution in [0.3, 0.4) is 0 Å². The van der Waals surface area contributed by atoms with Gasteiger partial charge in [0.25, 0.3) is 0 Å². The van der Waals surface area contributed by atoms with Crippen molar-refractivity contribution >= 4 is 28.7 Å². The van der Waals surface area contributed by atoms with E-state index >= 15 is 0 Å². The van der Waals surface area contributed by atoms with Crippen molar-refractivity contribution in [3.63, 3.8) is 0 Å². The first-order valence-corrected chi connectivity index (χ1v) is 9.29. The molecule has 0 bridgehead atoms. The van der Waals surface area contributed by atoms with Crippen LogP contribution in [0.15, 0.2) is 54.9 Å². The topological polar surface area (TPSA) is 87.4 Å². The van der Waals surface area contributed by atoms with E-state index in [4.69, 9.17) is 0 Å². The number of nitro groups is 1. The molecule has 0 unspecified atom stereocenters. The highest BCUT2D eigenvalue weighted by atomic mass is 19.1. The Morgan fingerprint density at radius 3 is 2.27 bits per heavy atom. The molecular weight excluding hydrogens is 394 g/mol. The van der Waals surface area contributed by atoms with E-state index in [1.54, 1.807) is 23.1 Å². The van der Waals surface area contributed by atoms with Gasteiger partial charge in [0.15, 0.2) is 0 Å². The van der Waals surface area contributed by atoms with Gasteiger partial charge < -0.3 is 15.1 Å². The molecule has 2 aromatic carbocycles. The Balaban J connectivity index is 1.56. The largest absolute Gasteiger partial charge is 0.368 e. The van der Waals surface area contributed by atoms with Crippen molar-refractivity contribution in [1.29, 1.82) is 0 Å². The van der Waals surface area contributed by atoms with Crippen molar-refractivity contribution < 1.29 is 13.7 Å². The molecule has 2 heterocycles. The monoisotopic (exact) mass is 412 g/mol. The molecule has 1 aliphatic rings. The van der Waals surface area contributed by atoms with E-state index in [0.717, 1.165) is 5.69 Å². The molecule has 0 amide bonds. The van der Waals surface area contributed by atoms with Crippen LogP contribution in [0.2, 0.25) is 0 Å². The Hall–Kier alpha value is -3.82. The molecule has 1 saturated heterocycles. The first-order valence-electron chi connectivity index (χ1n) is 9.29. The van der Waals surface area contributed by atoms with Gasteiger partial charge in [-0.1, -0.05) is 12.1 Å². The number of anilines is 4. The molecule has 1 aromatic heterocycles. The summed E-state index contributed by atoms with van der Waals surface area (Å²) in [5.41, 5.74) is 0.664. The lowest BCUT2D eigenvalue weighted by Gasteiger charge is -2.36. The van der Waals surface area contributed by atoms with Crippen molar-refractivity contribution in [2.24, 2.45) is 0 Å². The Morgan fingerprint density at radius 1 is 0.933 bits per heavy atom. The second kappa shape index (κ2) is 8.27. The molecule has 30 heavy (non-hydrogen) atoms. The predicted octanol–water partition coefficient (Wildman–Crippen LogP) is 3.73. The summed E-state index contributed by atoms with van der Waals surface area (Å²) in [6.45, 7) is 2.13. The van der Waals surface area contributed by atoms with Crippen molar-refractivity contribution in [2.45, 2.75) is 0 Å². The Morgan fingerprint density at radius 2 is 1.60 bits per heavy atom. The van der Waals surface area contributed by atoms with Gasteiger partial charge in [-0.3, -0.25) is 10.1 Å². The highest BCUT2D eigenvalue weighted by Gasteiger charge is 2.29. The minimum Gasteiger partial charge on any atom is -0.368 e. The Kier molecular flexibility index (Phi) is 5.38. The lowest BCUT2D eigenvalue weighted by molar-refractivity contribution is -0.383. The van der Waals surface area contributed by atoms with E-state index in [0.29, 0.717) is 26.2 Å². The molecule has 0 spiro atoms. The summed E-state index contributed by atoms with van der Waals surface area (Å²) in [6.07, 6.45) is 1.22. The molecule has 154 valence electrons. The summed E-state index contributed by atoms with van der Waals surface area (Å²) >= 11 is 0. The fraction of sp³-hybridized carbons (Fsp3) is 0.200. The van der Waals surface area contributed by atoms with Crippen molar-refractivity contribution in [1.82, 2.24) is 9.97 Å². The van der Waals surface area contributed by atoms with E-state index in [2.05, 4.69) is 20.2 Å². The molecule has 1 fully saturated rings. The molecule has 1 N–H and O–H groups in total. The quantitative estimate of drug-likeness (QED) is 0.505. The number of nitrogens with zero attached hydrogens (tertiary/aromatic N) is 5. The van der Waals surface area contributed by atoms with Crippen LogP contribution in [-0.4, -0.2) is 41.1 Å². The number of rotatable bonds is 5. The zero-order chi connectivity index (χ0) is 21.1. The SMILES string of the molecule is O=[N+]([O-])c1c(Nc2ccccc2F)ncnc1N1CCN(c2ccc(F)cc2)CC1. The molecule has 0 atom stereocenters. The maximum Gasteiger partial charge on any atom is 0.353 e. The third-order valence-corrected chi connectivity index (χ3v) is 4.88. The van der Waals surface area contributed by atoms with Gasteiger partial charge >= 0.3 is 5.69 Å². The second-order valence-corrected chi connectivity index (χ2v) is 6.71. The smallest absolute Gasteiger partial charge is 0.353 e. The number of halogens is 2. The van der Waals surface area contributed by atoms with Crippen LogP contribution in [0.5, 0.6) is 0 Å². The second-order valence-electron chi connectivity index (χ2n) is 6.71. The first-order chi connectivity index (χ1) is 14.5. The molecular formula is C20H18F2N6O2. The van der Waals surface area contributed by atoms with Gasteiger partial charge in [0.05, 0.1) is 10.6 Å². The van der Waals surface area contributed by atoms with Crippen LogP contribution >= 0.6 is 0 Å². The minimum atomic E-state index is -0.565. The molecule has 8 nitrogen and oxygen atoms in total. The van der Waals surface area contributed by atoms with Gasteiger partial charge in [-0.25, -0.2) is 18.7 Å². The highest BCUT2D eigenvalue weighted by molar-refractivity contribution is 5.74. The molecule has 4 rings (SSSR count). The summed E-state index contributed by atoms with van der Waals surface area (Å²) in [7, 11) is 0. The van der Waals surface area contributed by atoms with Crippen LogP contribution in [0.25, 0.3) is 0 Å². The van der Waals surface area contributed by atoms with Crippen LogP contribution in [-0.2, 0) is 0 Å². The number of nitrogens with one attached hydrogen (secondary N) is 1. The summed E-state index contributed by atoms with van der Waals surface area (Å²) in [5.74, 6) is -0.743. The predicted molar refractivity (Wildman–Crippen MR) is 109 cm³/mol. The lowest BCUT2D eigenvalue weighted by Crippen LogP contribution is -2.47. The van der Waals surface area contributed by atoms with Crippen LogP contribution in [0.4, 0.5) is 37.5 Å². The van der Waals surface area contributed by atoms with Crippen LogP contribution in [0, 0.1) is 21.7 Å². The van der Waals surface area contributed by atoms with Gasteiger partial charge in [0, 0.05) is 31.9 Å². The van der Waals surface area contributed by atoms with E-state index in [-0.39, 0.29) is 28.8 Å². The summed E-state index contributed by atoms with van der Waals surface area (Å²) in [5, 5.41) is 14.5. The number of para-hydroxylation sites is 1. The number of benzene rings is 2.